The van der Waals surface area contributed by atoms with Crippen LogP contribution in [-0.2, 0) is 10.0 Å². The van der Waals surface area contributed by atoms with Crippen LogP contribution < -0.4 is 14.8 Å². The molecule has 0 radical (unpaired) electrons. The van der Waals surface area contributed by atoms with Gasteiger partial charge in [0.25, 0.3) is 5.91 Å². The van der Waals surface area contributed by atoms with Gasteiger partial charge < -0.3 is 14.8 Å². The van der Waals surface area contributed by atoms with Crippen molar-refractivity contribution in [3.8, 4) is 11.5 Å². The largest absolute Gasteiger partial charge is 0.486 e. The van der Waals surface area contributed by atoms with E-state index in [-0.39, 0.29) is 16.8 Å². The quantitative estimate of drug-likeness (QED) is 0.761. The van der Waals surface area contributed by atoms with Gasteiger partial charge in [-0.15, -0.1) is 0 Å². The maximum Gasteiger partial charge on any atom is 0.251 e. The van der Waals surface area contributed by atoms with Crippen LogP contribution in [0.1, 0.15) is 48.1 Å². The summed E-state index contributed by atoms with van der Waals surface area (Å²) in [7, 11) is -3.48. The number of ether oxygens (including phenoxy) is 2. The van der Waals surface area contributed by atoms with Crippen molar-refractivity contribution < 1.29 is 22.7 Å². The molecule has 2 heterocycles. The molecule has 30 heavy (non-hydrogen) atoms. The van der Waals surface area contributed by atoms with Gasteiger partial charge in [-0.2, -0.15) is 4.31 Å². The molecule has 2 aromatic carbocycles. The second-order valence-electron chi connectivity index (χ2n) is 7.47. The lowest BCUT2D eigenvalue weighted by Crippen LogP contribution is -2.29. The Morgan fingerprint density at radius 3 is 2.37 bits per heavy atom. The number of nitrogens with zero attached hydrogens (tertiary/aromatic N) is 1. The Morgan fingerprint density at radius 2 is 1.70 bits per heavy atom. The van der Waals surface area contributed by atoms with Crippen molar-refractivity contribution in [2.75, 3.05) is 26.3 Å². The maximum atomic E-state index is 12.8. The molecule has 1 unspecified atom stereocenters. The molecule has 1 amide bonds. The topological polar surface area (TPSA) is 84.9 Å². The van der Waals surface area contributed by atoms with Crippen molar-refractivity contribution in [3.05, 3.63) is 53.6 Å². The van der Waals surface area contributed by atoms with Crippen molar-refractivity contribution in [2.45, 2.75) is 37.1 Å². The summed E-state index contributed by atoms with van der Waals surface area (Å²) in [6.45, 7) is 4.14. The molecule has 8 heteroatoms. The van der Waals surface area contributed by atoms with Crippen LogP contribution in [0.4, 0.5) is 0 Å². The molecule has 160 valence electrons. The first-order valence-electron chi connectivity index (χ1n) is 10.3. The summed E-state index contributed by atoms with van der Waals surface area (Å²) in [6.07, 6.45) is 2.47. The summed E-state index contributed by atoms with van der Waals surface area (Å²) in [6, 6.07) is 11.6. The standard InChI is InChI=1S/C22H26N2O5S/c1-2-19(17-7-10-20-21(15-17)29-14-13-28-20)23-22(25)16-5-8-18(9-6-16)30(26,27)24-11-3-4-12-24/h5-10,15,19H,2-4,11-14H2,1H3,(H,23,25). The molecule has 1 atom stereocenters. The lowest BCUT2D eigenvalue weighted by atomic mass is 10.0. The molecule has 2 aliphatic heterocycles. The van der Waals surface area contributed by atoms with Crippen LogP contribution >= 0.6 is 0 Å². The van der Waals surface area contributed by atoms with Gasteiger partial charge in [0.05, 0.1) is 10.9 Å². The zero-order valence-corrected chi connectivity index (χ0v) is 17.8. The predicted molar refractivity (Wildman–Crippen MR) is 112 cm³/mol. The zero-order valence-electron chi connectivity index (χ0n) is 17.0. The number of carbonyl (C=O) groups is 1. The van der Waals surface area contributed by atoms with E-state index in [2.05, 4.69) is 5.32 Å². The van der Waals surface area contributed by atoms with E-state index in [9.17, 15) is 13.2 Å². The number of fused-ring (bicyclic) bond motifs is 1. The van der Waals surface area contributed by atoms with Gasteiger partial charge in [-0.3, -0.25) is 4.79 Å². The van der Waals surface area contributed by atoms with Crippen LogP contribution in [0.25, 0.3) is 0 Å². The van der Waals surface area contributed by atoms with Gasteiger partial charge in [0.1, 0.15) is 13.2 Å². The van der Waals surface area contributed by atoms with Crippen molar-refractivity contribution in [1.82, 2.24) is 9.62 Å². The fraction of sp³-hybridized carbons (Fsp3) is 0.409. The predicted octanol–water partition coefficient (Wildman–Crippen LogP) is 3.12. The number of amides is 1. The van der Waals surface area contributed by atoms with Gasteiger partial charge in [-0.05, 0) is 61.2 Å². The molecule has 1 fully saturated rings. The Balaban J connectivity index is 1.47. The molecule has 2 aromatic rings. The van der Waals surface area contributed by atoms with Crippen LogP contribution in [0.5, 0.6) is 11.5 Å². The third kappa shape index (κ3) is 4.15. The summed E-state index contributed by atoms with van der Waals surface area (Å²) >= 11 is 0. The number of carbonyl (C=O) groups excluding carboxylic acids is 1. The molecule has 1 saturated heterocycles. The highest BCUT2D eigenvalue weighted by Gasteiger charge is 2.27. The molecule has 2 aliphatic rings. The zero-order chi connectivity index (χ0) is 21.1. The third-order valence-electron chi connectivity index (χ3n) is 5.50. The minimum absolute atomic E-state index is 0.193. The minimum atomic E-state index is -3.48. The normalized spacial score (nSPS) is 17.5. The summed E-state index contributed by atoms with van der Waals surface area (Å²) in [5, 5.41) is 3.02. The Kier molecular flexibility index (Phi) is 5.97. The lowest BCUT2D eigenvalue weighted by Gasteiger charge is -2.22. The molecule has 0 aromatic heterocycles. The lowest BCUT2D eigenvalue weighted by molar-refractivity contribution is 0.0935. The molecule has 1 N–H and O–H groups in total. The molecular formula is C22H26N2O5S. The number of hydrogen-bond acceptors (Lipinski definition) is 5. The monoisotopic (exact) mass is 430 g/mol. The van der Waals surface area contributed by atoms with E-state index in [1.807, 2.05) is 25.1 Å². The van der Waals surface area contributed by atoms with Gasteiger partial charge in [0.2, 0.25) is 10.0 Å². The summed E-state index contributed by atoms with van der Waals surface area (Å²) in [5.41, 5.74) is 1.36. The Hall–Kier alpha value is -2.58. The van der Waals surface area contributed by atoms with Crippen LogP contribution in [-0.4, -0.2) is 44.9 Å². The van der Waals surface area contributed by atoms with Crippen molar-refractivity contribution in [2.24, 2.45) is 0 Å². The fourth-order valence-corrected chi connectivity index (χ4v) is 5.31. The minimum Gasteiger partial charge on any atom is -0.486 e. The van der Waals surface area contributed by atoms with Crippen LogP contribution in [0.15, 0.2) is 47.4 Å². The van der Waals surface area contributed by atoms with Gasteiger partial charge in [0, 0.05) is 18.7 Å². The molecular weight excluding hydrogens is 404 g/mol. The number of benzene rings is 2. The van der Waals surface area contributed by atoms with Gasteiger partial charge in [0.15, 0.2) is 11.5 Å². The van der Waals surface area contributed by atoms with E-state index in [4.69, 9.17) is 9.47 Å². The van der Waals surface area contributed by atoms with Crippen LogP contribution in [0, 0.1) is 0 Å². The van der Waals surface area contributed by atoms with Crippen molar-refractivity contribution in [3.63, 3.8) is 0 Å². The molecule has 4 rings (SSSR count). The smallest absolute Gasteiger partial charge is 0.251 e. The highest BCUT2D eigenvalue weighted by molar-refractivity contribution is 7.89. The Bertz CT molecular complexity index is 1010. The SMILES string of the molecule is CCC(NC(=O)c1ccc(S(=O)(=O)N2CCCC2)cc1)c1ccc2c(c1)OCCO2. The Morgan fingerprint density at radius 1 is 1.03 bits per heavy atom. The maximum absolute atomic E-state index is 12.8. The number of nitrogens with one attached hydrogen (secondary N) is 1. The average Bonchev–Trinajstić information content (AvgIpc) is 3.33. The summed E-state index contributed by atoms with van der Waals surface area (Å²) in [4.78, 5) is 13.0. The number of hydrogen-bond donors (Lipinski definition) is 1. The van der Waals surface area contributed by atoms with Crippen molar-refractivity contribution in [1.29, 1.82) is 0 Å². The van der Waals surface area contributed by atoms with E-state index < -0.39 is 10.0 Å². The van der Waals surface area contributed by atoms with E-state index in [0.717, 1.165) is 18.4 Å². The second-order valence-corrected chi connectivity index (χ2v) is 9.41. The van der Waals surface area contributed by atoms with Crippen molar-refractivity contribution >= 4 is 15.9 Å². The highest BCUT2D eigenvalue weighted by atomic mass is 32.2. The van der Waals surface area contributed by atoms with E-state index in [1.54, 1.807) is 12.1 Å². The molecule has 0 spiro atoms. The third-order valence-corrected chi connectivity index (χ3v) is 7.41. The number of rotatable bonds is 6. The first-order valence-corrected chi connectivity index (χ1v) is 11.7. The van der Waals surface area contributed by atoms with E-state index in [0.29, 0.717) is 49.8 Å². The molecule has 0 saturated carbocycles. The van der Waals surface area contributed by atoms with Gasteiger partial charge in [-0.25, -0.2) is 8.42 Å². The Labute approximate surface area is 177 Å². The van der Waals surface area contributed by atoms with Crippen LogP contribution in [0.2, 0.25) is 0 Å². The first kappa shape index (κ1) is 20.7. The van der Waals surface area contributed by atoms with Gasteiger partial charge >= 0.3 is 0 Å². The summed E-state index contributed by atoms with van der Waals surface area (Å²) in [5.74, 6) is 1.14. The molecule has 0 aliphatic carbocycles. The first-order chi connectivity index (χ1) is 14.5. The summed E-state index contributed by atoms with van der Waals surface area (Å²) < 4.78 is 38.0. The second kappa shape index (κ2) is 8.65. The fourth-order valence-electron chi connectivity index (χ4n) is 3.80. The average molecular weight is 431 g/mol. The van der Waals surface area contributed by atoms with E-state index in [1.165, 1.54) is 16.4 Å². The number of sulfonamides is 1. The van der Waals surface area contributed by atoms with E-state index >= 15 is 0 Å². The van der Waals surface area contributed by atoms with Crippen LogP contribution in [0.3, 0.4) is 0 Å². The highest BCUT2D eigenvalue weighted by Crippen LogP contribution is 2.33. The molecule has 0 bridgehead atoms. The van der Waals surface area contributed by atoms with Gasteiger partial charge in [-0.1, -0.05) is 13.0 Å². The molecule has 7 nitrogen and oxygen atoms in total.